The Morgan fingerprint density at radius 2 is 2.06 bits per heavy atom. The van der Waals surface area contributed by atoms with Crippen LogP contribution in [0, 0.1) is 6.92 Å². The Bertz CT molecular complexity index is 465. The zero-order chi connectivity index (χ0) is 12.1. The number of aromatic nitrogens is 2. The molecule has 0 aliphatic rings. The van der Waals surface area contributed by atoms with E-state index in [1.54, 1.807) is 0 Å². The Morgan fingerprint density at radius 1 is 1.29 bits per heavy atom. The highest BCUT2D eigenvalue weighted by atomic mass is 32.2. The summed E-state index contributed by atoms with van der Waals surface area (Å²) in [5.41, 5.74) is 2.17. The third kappa shape index (κ3) is 3.03. The molecule has 0 amide bonds. The molecule has 90 valence electrons. The van der Waals surface area contributed by atoms with Gasteiger partial charge in [0, 0.05) is 24.2 Å². The van der Waals surface area contributed by atoms with E-state index in [1.165, 1.54) is 0 Å². The molecule has 0 bridgehead atoms. The summed E-state index contributed by atoms with van der Waals surface area (Å²) >= 11 is 1.83. The van der Waals surface area contributed by atoms with Crippen LogP contribution in [0.4, 0.5) is 5.95 Å². The molecular weight excluding hydrogens is 230 g/mol. The standard InChI is InChI=1S/C13H17N3S/c1-11-10-16(12-6-4-3-5-7-12)13(15-11)14-8-9-17-2/h3-7,10H,8-9H2,1-2H3,(H,14,15). The second kappa shape index (κ2) is 5.77. The number of thioether (sulfide) groups is 1. The lowest BCUT2D eigenvalue weighted by Crippen LogP contribution is -2.09. The van der Waals surface area contributed by atoms with Crippen LogP contribution in [-0.2, 0) is 0 Å². The molecule has 1 N–H and O–H groups in total. The molecule has 0 aliphatic heterocycles. The average Bonchev–Trinajstić information content (AvgIpc) is 2.72. The van der Waals surface area contributed by atoms with Crippen LogP contribution in [0.1, 0.15) is 5.69 Å². The number of aryl methyl sites for hydroxylation is 1. The van der Waals surface area contributed by atoms with Crippen LogP contribution in [-0.4, -0.2) is 28.1 Å². The van der Waals surface area contributed by atoms with Gasteiger partial charge in [-0.1, -0.05) is 18.2 Å². The van der Waals surface area contributed by atoms with E-state index >= 15 is 0 Å². The molecule has 0 aliphatic carbocycles. The number of hydrogen-bond acceptors (Lipinski definition) is 3. The smallest absolute Gasteiger partial charge is 0.207 e. The molecule has 1 aromatic carbocycles. The summed E-state index contributed by atoms with van der Waals surface area (Å²) in [5, 5.41) is 3.36. The van der Waals surface area contributed by atoms with Gasteiger partial charge in [-0.05, 0) is 25.3 Å². The Hall–Kier alpha value is -1.42. The maximum Gasteiger partial charge on any atom is 0.207 e. The highest BCUT2D eigenvalue weighted by molar-refractivity contribution is 7.98. The normalized spacial score (nSPS) is 10.5. The Kier molecular flexibility index (Phi) is 4.09. The largest absolute Gasteiger partial charge is 0.355 e. The van der Waals surface area contributed by atoms with E-state index in [9.17, 15) is 0 Å². The number of hydrogen-bond donors (Lipinski definition) is 1. The number of imidazole rings is 1. The first-order valence-corrected chi connectivity index (χ1v) is 7.05. The SMILES string of the molecule is CSCCNc1nc(C)cn1-c1ccccc1. The third-order valence-corrected chi connectivity index (χ3v) is 3.06. The van der Waals surface area contributed by atoms with Crippen molar-refractivity contribution in [3.63, 3.8) is 0 Å². The van der Waals surface area contributed by atoms with E-state index in [1.807, 2.05) is 36.9 Å². The fourth-order valence-corrected chi connectivity index (χ4v) is 1.98. The van der Waals surface area contributed by atoms with Crippen molar-refractivity contribution in [2.75, 3.05) is 23.9 Å². The third-order valence-electron chi connectivity index (χ3n) is 2.45. The van der Waals surface area contributed by atoms with Crippen molar-refractivity contribution >= 4 is 17.7 Å². The molecule has 2 aromatic rings. The van der Waals surface area contributed by atoms with Crippen LogP contribution in [0.15, 0.2) is 36.5 Å². The monoisotopic (exact) mass is 247 g/mol. The molecule has 2 rings (SSSR count). The minimum Gasteiger partial charge on any atom is -0.355 e. The van der Waals surface area contributed by atoms with Crippen molar-refractivity contribution in [1.29, 1.82) is 0 Å². The summed E-state index contributed by atoms with van der Waals surface area (Å²) in [6.07, 6.45) is 4.16. The Morgan fingerprint density at radius 3 is 2.76 bits per heavy atom. The quantitative estimate of drug-likeness (QED) is 0.824. The van der Waals surface area contributed by atoms with Gasteiger partial charge >= 0.3 is 0 Å². The minimum absolute atomic E-state index is 0.919. The van der Waals surface area contributed by atoms with E-state index in [0.717, 1.165) is 29.6 Å². The van der Waals surface area contributed by atoms with Crippen LogP contribution in [0.5, 0.6) is 0 Å². The molecule has 0 atom stereocenters. The Labute approximate surface area is 106 Å². The van der Waals surface area contributed by atoms with E-state index in [4.69, 9.17) is 0 Å². The molecule has 4 heteroatoms. The summed E-state index contributed by atoms with van der Waals surface area (Å²) < 4.78 is 2.09. The first-order chi connectivity index (χ1) is 8.31. The fraction of sp³-hybridized carbons (Fsp3) is 0.308. The first kappa shape index (κ1) is 12.0. The van der Waals surface area contributed by atoms with Gasteiger partial charge in [-0.15, -0.1) is 0 Å². The van der Waals surface area contributed by atoms with E-state index in [-0.39, 0.29) is 0 Å². The van der Waals surface area contributed by atoms with Gasteiger partial charge < -0.3 is 5.32 Å². The van der Waals surface area contributed by atoms with Gasteiger partial charge in [0.25, 0.3) is 0 Å². The van der Waals surface area contributed by atoms with Crippen LogP contribution in [0.3, 0.4) is 0 Å². The summed E-state index contributed by atoms with van der Waals surface area (Å²) in [6, 6.07) is 10.3. The average molecular weight is 247 g/mol. The molecule has 3 nitrogen and oxygen atoms in total. The van der Waals surface area contributed by atoms with Crippen molar-refractivity contribution in [2.24, 2.45) is 0 Å². The summed E-state index contributed by atoms with van der Waals surface area (Å²) in [6.45, 7) is 2.95. The van der Waals surface area contributed by atoms with E-state index in [0.29, 0.717) is 0 Å². The van der Waals surface area contributed by atoms with Crippen molar-refractivity contribution in [2.45, 2.75) is 6.92 Å². The number of rotatable bonds is 5. The summed E-state index contributed by atoms with van der Waals surface area (Å²) in [4.78, 5) is 4.50. The number of nitrogens with one attached hydrogen (secondary N) is 1. The molecule has 1 aromatic heterocycles. The van der Waals surface area contributed by atoms with Crippen LogP contribution in [0.2, 0.25) is 0 Å². The van der Waals surface area contributed by atoms with Gasteiger partial charge in [0.15, 0.2) is 0 Å². The van der Waals surface area contributed by atoms with Crippen molar-refractivity contribution < 1.29 is 0 Å². The zero-order valence-electron chi connectivity index (χ0n) is 10.2. The summed E-state index contributed by atoms with van der Waals surface area (Å²) in [5.74, 6) is 2.00. The molecule has 0 unspecified atom stereocenters. The number of anilines is 1. The fourth-order valence-electron chi connectivity index (χ4n) is 1.67. The second-order valence-corrected chi connectivity index (χ2v) is 4.82. The predicted molar refractivity (Wildman–Crippen MR) is 75.2 cm³/mol. The highest BCUT2D eigenvalue weighted by Gasteiger charge is 2.05. The van der Waals surface area contributed by atoms with Crippen molar-refractivity contribution in [3.05, 3.63) is 42.2 Å². The second-order valence-electron chi connectivity index (χ2n) is 3.83. The molecule has 1 heterocycles. The zero-order valence-corrected chi connectivity index (χ0v) is 11.0. The lowest BCUT2D eigenvalue weighted by Gasteiger charge is -2.08. The van der Waals surface area contributed by atoms with Crippen LogP contribution in [0.25, 0.3) is 5.69 Å². The van der Waals surface area contributed by atoms with Gasteiger partial charge in [0.05, 0.1) is 5.69 Å². The lowest BCUT2D eigenvalue weighted by molar-refractivity contribution is 1.03. The predicted octanol–water partition coefficient (Wildman–Crippen LogP) is 2.96. The first-order valence-electron chi connectivity index (χ1n) is 5.65. The van der Waals surface area contributed by atoms with Crippen LogP contribution >= 0.6 is 11.8 Å². The van der Waals surface area contributed by atoms with Crippen LogP contribution < -0.4 is 5.32 Å². The lowest BCUT2D eigenvalue weighted by atomic mass is 10.3. The van der Waals surface area contributed by atoms with E-state index in [2.05, 4.69) is 39.5 Å². The number of para-hydroxylation sites is 1. The maximum absolute atomic E-state index is 4.50. The molecule has 0 radical (unpaired) electrons. The van der Waals surface area contributed by atoms with Gasteiger partial charge in [0.2, 0.25) is 5.95 Å². The van der Waals surface area contributed by atoms with E-state index < -0.39 is 0 Å². The molecular formula is C13H17N3S. The highest BCUT2D eigenvalue weighted by Crippen LogP contribution is 2.16. The topological polar surface area (TPSA) is 29.9 Å². The van der Waals surface area contributed by atoms with Gasteiger partial charge in [-0.2, -0.15) is 11.8 Å². The molecule has 0 saturated heterocycles. The molecule has 17 heavy (non-hydrogen) atoms. The van der Waals surface area contributed by atoms with Crippen molar-refractivity contribution in [3.8, 4) is 5.69 Å². The maximum atomic E-state index is 4.50. The van der Waals surface area contributed by atoms with Gasteiger partial charge in [-0.3, -0.25) is 4.57 Å². The summed E-state index contributed by atoms with van der Waals surface area (Å²) in [7, 11) is 0. The number of benzene rings is 1. The Balaban J connectivity index is 2.22. The molecule has 0 fully saturated rings. The van der Waals surface area contributed by atoms with Gasteiger partial charge in [0.1, 0.15) is 0 Å². The molecule has 0 spiro atoms. The molecule has 0 saturated carbocycles. The van der Waals surface area contributed by atoms with Crippen molar-refractivity contribution in [1.82, 2.24) is 9.55 Å². The van der Waals surface area contributed by atoms with Gasteiger partial charge in [-0.25, -0.2) is 4.98 Å². The number of nitrogens with zero attached hydrogens (tertiary/aromatic N) is 2. The minimum atomic E-state index is 0.919.